The molecule has 0 atom stereocenters. The zero-order valence-electron chi connectivity index (χ0n) is 21.5. The molecule has 3 N–H and O–H groups in total. The number of carboxylic acids is 1. The van der Waals surface area contributed by atoms with Gasteiger partial charge in [0, 0.05) is 42.5 Å². The van der Waals surface area contributed by atoms with Gasteiger partial charge in [-0.3, -0.25) is 9.59 Å². The molecular formula is C28H33F4N3O4. The van der Waals surface area contributed by atoms with Crippen molar-refractivity contribution >= 4 is 23.5 Å². The SMILES string of the molecule is O=C(Nc1ccc(F)cc1)c1ccc(C(=O)NC2CCN(CC3CCCCC3)CC2)cc1.O=C(O)C(F)(F)F. The van der Waals surface area contributed by atoms with Crippen LogP contribution in [0, 0.1) is 11.7 Å². The molecule has 1 saturated carbocycles. The number of amides is 2. The summed E-state index contributed by atoms with van der Waals surface area (Å²) < 4.78 is 44.7. The van der Waals surface area contributed by atoms with Crippen LogP contribution in [0.4, 0.5) is 23.2 Å². The Balaban J connectivity index is 0.000000532. The van der Waals surface area contributed by atoms with Crippen molar-refractivity contribution in [3.8, 4) is 0 Å². The lowest BCUT2D eigenvalue weighted by Gasteiger charge is -2.35. The number of alkyl halides is 3. The molecule has 0 aromatic heterocycles. The smallest absolute Gasteiger partial charge is 0.475 e. The quantitative estimate of drug-likeness (QED) is 0.413. The van der Waals surface area contributed by atoms with E-state index in [0.717, 1.165) is 31.8 Å². The zero-order chi connectivity index (χ0) is 28.4. The Morgan fingerprint density at radius 2 is 1.33 bits per heavy atom. The van der Waals surface area contributed by atoms with Crippen LogP contribution in [0.1, 0.15) is 65.7 Å². The van der Waals surface area contributed by atoms with E-state index >= 15 is 0 Å². The number of anilines is 1. The molecule has 0 radical (unpaired) electrons. The average Bonchev–Trinajstić information content (AvgIpc) is 2.91. The van der Waals surface area contributed by atoms with E-state index in [0.29, 0.717) is 16.8 Å². The fraction of sp³-hybridized carbons (Fsp3) is 0.464. The van der Waals surface area contributed by atoms with E-state index in [-0.39, 0.29) is 23.7 Å². The van der Waals surface area contributed by atoms with Crippen LogP contribution in [0.25, 0.3) is 0 Å². The van der Waals surface area contributed by atoms with Crippen LogP contribution in [-0.4, -0.2) is 59.6 Å². The van der Waals surface area contributed by atoms with Crippen molar-refractivity contribution in [1.82, 2.24) is 10.2 Å². The molecule has 2 aliphatic rings. The van der Waals surface area contributed by atoms with Gasteiger partial charge >= 0.3 is 12.1 Å². The highest BCUT2D eigenvalue weighted by Crippen LogP contribution is 2.25. The second-order valence-corrected chi connectivity index (χ2v) is 9.89. The van der Waals surface area contributed by atoms with Crippen molar-refractivity contribution in [3.05, 3.63) is 65.5 Å². The predicted octanol–water partition coefficient (Wildman–Crippen LogP) is 5.49. The number of hydrogen-bond donors (Lipinski definition) is 3. The van der Waals surface area contributed by atoms with Gasteiger partial charge in [-0.2, -0.15) is 13.2 Å². The molecule has 1 aliphatic carbocycles. The summed E-state index contributed by atoms with van der Waals surface area (Å²) in [6.45, 7) is 3.30. The first-order chi connectivity index (χ1) is 18.5. The molecular weight excluding hydrogens is 518 g/mol. The van der Waals surface area contributed by atoms with E-state index in [4.69, 9.17) is 9.90 Å². The van der Waals surface area contributed by atoms with E-state index in [2.05, 4.69) is 15.5 Å². The topological polar surface area (TPSA) is 98.7 Å². The summed E-state index contributed by atoms with van der Waals surface area (Å²) in [5, 5.41) is 13.0. The van der Waals surface area contributed by atoms with Gasteiger partial charge in [0.15, 0.2) is 0 Å². The molecule has 2 aromatic carbocycles. The Morgan fingerprint density at radius 3 is 1.85 bits per heavy atom. The number of rotatable bonds is 6. The number of nitrogens with zero attached hydrogens (tertiary/aromatic N) is 1. The van der Waals surface area contributed by atoms with E-state index in [9.17, 15) is 27.2 Å². The Morgan fingerprint density at radius 1 is 0.821 bits per heavy atom. The van der Waals surface area contributed by atoms with Gasteiger partial charge in [0.25, 0.3) is 11.8 Å². The number of likely N-dealkylation sites (tertiary alicyclic amines) is 1. The number of nitrogens with one attached hydrogen (secondary N) is 2. The van der Waals surface area contributed by atoms with Gasteiger partial charge in [0.1, 0.15) is 5.82 Å². The van der Waals surface area contributed by atoms with E-state index in [1.54, 1.807) is 24.3 Å². The molecule has 0 unspecified atom stereocenters. The molecule has 0 spiro atoms. The number of carbonyl (C=O) groups excluding carboxylic acids is 2. The van der Waals surface area contributed by atoms with Gasteiger partial charge in [-0.1, -0.05) is 19.3 Å². The lowest BCUT2D eigenvalue weighted by Crippen LogP contribution is -2.45. The normalized spacial score (nSPS) is 17.0. The number of carbonyl (C=O) groups is 3. The maximum absolute atomic E-state index is 13.0. The molecule has 7 nitrogen and oxygen atoms in total. The summed E-state index contributed by atoms with van der Waals surface area (Å²) in [6.07, 6.45) is 3.77. The molecule has 2 aromatic rings. The first kappa shape index (κ1) is 30.1. The third-order valence-corrected chi connectivity index (χ3v) is 6.92. The second kappa shape index (κ2) is 14.1. The first-order valence-electron chi connectivity index (χ1n) is 13.0. The molecule has 11 heteroatoms. The van der Waals surface area contributed by atoms with Gasteiger partial charge in [-0.15, -0.1) is 0 Å². The third kappa shape index (κ3) is 9.97. The fourth-order valence-electron chi connectivity index (χ4n) is 4.77. The van der Waals surface area contributed by atoms with Crippen LogP contribution in [0.3, 0.4) is 0 Å². The van der Waals surface area contributed by atoms with Crippen molar-refractivity contribution < 1.29 is 37.1 Å². The predicted molar refractivity (Wildman–Crippen MR) is 138 cm³/mol. The van der Waals surface area contributed by atoms with Crippen LogP contribution < -0.4 is 10.6 Å². The minimum Gasteiger partial charge on any atom is -0.475 e. The van der Waals surface area contributed by atoms with Crippen LogP contribution in [0.5, 0.6) is 0 Å². The summed E-state index contributed by atoms with van der Waals surface area (Å²) in [6, 6.07) is 12.4. The Hall–Kier alpha value is -3.47. The summed E-state index contributed by atoms with van der Waals surface area (Å²) in [5.41, 5.74) is 1.52. The summed E-state index contributed by atoms with van der Waals surface area (Å²) in [5.74, 6) is -2.65. The van der Waals surface area contributed by atoms with Crippen molar-refractivity contribution in [2.75, 3.05) is 25.0 Å². The van der Waals surface area contributed by atoms with Gasteiger partial charge in [0.2, 0.25) is 0 Å². The van der Waals surface area contributed by atoms with Crippen molar-refractivity contribution in [3.63, 3.8) is 0 Å². The molecule has 1 saturated heterocycles. The van der Waals surface area contributed by atoms with E-state index in [1.807, 2.05) is 0 Å². The van der Waals surface area contributed by atoms with E-state index < -0.39 is 12.1 Å². The van der Waals surface area contributed by atoms with Crippen molar-refractivity contribution in [2.45, 2.75) is 57.2 Å². The zero-order valence-corrected chi connectivity index (χ0v) is 21.5. The number of piperidine rings is 1. The standard InChI is InChI=1S/C26H32FN3O2.C2HF3O2/c27-22-10-12-23(13-11-22)28-25(31)20-6-8-21(9-7-20)26(32)29-24-14-16-30(17-15-24)18-19-4-2-1-3-5-19;3-2(4,5)1(6)7/h6-13,19,24H,1-5,14-18H2,(H,28,31)(H,29,32);(H,6,7). The van der Waals surface area contributed by atoms with Crippen molar-refractivity contribution in [2.24, 2.45) is 5.92 Å². The third-order valence-electron chi connectivity index (χ3n) is 6.92. The lowest BCUT2D eigenvalue weighted by molar-refractivity contribution is -0.192. The van der Waals surface area contributed by atoms with Gasteiger partial charge in [-0.05, 0) is 80.1 Å². The van der Waals surface area contributed by atoms with Crippen LogP contribution >= 0.6 is 0 Å². The highest BCUT2D eigenvalue weighted by Gasteiger charge is 2.38. The van der Waals surface area contributed by atoms with Gasteiger partial charge < -0.3 is 20.6 Å². The highest BCUT2D eigenvalue weighted by atomic mass is 19.4. The van der Waals surface area contributed by atoms with Gasteiger partial charge in [0.05, 0.1) is 0 Å². The molecule has 212 valence electrons. The highest BCUT2D eigenvalue weighted by molar-refractivity contribution is 6.05. The molecule has 2 fully saturated rings. The van der Waals surface area contributed by atoms with Crippen LogP contribution in [0.15, 0.2) is 48.5 Å². The maximum Gasteiger partial charge on any atom is 0.490 e. The number of carboxylic acid groups (broad SMARTS) is 1. The Labute approximate surface area is 224 Å². The molecule has 0 bridgehead atoms. The summed E-state index contributed by atoms with van der Waals surface area (Å²) in [4.78, 5) is 36.5. The minimum atomic E-state index is -5.08. The fourth-order valence-corrected chi connectivity index (χ4v) is 4.77. The van der Waals surface area contributed by atoms with Crippen LogP contribution in [-0.2, 0) is 4.79 Å². The molecule has 1 aliphatic heterocycles. The number of hydrogen-bond acceptors (Lipinski definition) is 4. The Kier molecular flexibility index (Phi) is 10.8. The molecule has 4 rings (SSSR count). The van der Waals surface area contributed by atoms with Crippen LogP contribution in [0.2, 0.25) is 0 Å². The molecule has 39 heavy (non-hydrogen) atoms. The molecule has 2 amide bonds. The maximum atomic E-state index is 13.0. The summed E-state index contributed by atoms with van der Waals surface area (Å²) in [7, 11) is 0. The number of halogens is 4. The Bertz CT molecular complexity index is 1090. The van der Waals surface area contributed by atoms with E-state index in [1.165, 1.54) is 62.9 Å². The monoisotopic (exact) mass is 551 g/mol. The van der Waals surface area contributed by atoms with Gasteiger partial charge in [-0.25, -0.2) is 9.18 Å². The number of benzene rings is 2. The lowest BCUT2D eigenvalue weighted by atomic mass is 9.88. The summed E-state index contributed by atoms with van der Waals surface area (Å²) >= 11 is 0. The van der Waals surface area contributed by atoms with Crippen molar-refractivity contribution in [1.29, 1.82) is 0 Å². The molecule has 1 heterocycles. The minimum absolute atomic E-state index is 0.0961. The second-order valence-electron chi connectivity index (χ2n) is 9.89. The average molecular weight is 552 g/mol. The largest absolute Gasteiger partial charge is 0.490 e. The number of aliphatic carboxylic acids is 1. The first-order valence-corrected chi connectivity index (χ1v) is 13.0.